The van der Waals surface area contributed by atoms with Gasteiger partial charge in [-0.1, -0.05) is 6.07 Å². The van der Waals surface area contributed by atoms with Gasteiger partial charge in [0, 0.05) is 11.4 Å². The Kier molecular flexibility index (Phi) is 7.29. The summed E-state index contributed by atoms with van der Waals surface area (Å²) in [5, 5.41) is 5.91. The third kappa shape index (κ3) is 5.15. The predicted octanol–water partition coefficient (Wildman–Crippen LogP) is 2.92. The maximum absolute atomic E-state index is 12.8. The zero-order valence-corrected chi connectivity index (χ0v) is 17.3. The second-order valence-electron chi connectivity index (χ2n) is 6.45. The van der Waals surface area contributed by atoms with E-state index in [-0.39, 0.29) is 29.3 Å². The van der Waals surface area contributed by atoms with Gasteiger partial charge in [-0.15, -0.1) is 12.4 Å². The first-order valence-electron chi connectivity index (χ1n) is 8.71. The van der Waals surface area contributed by atoms with E-state index in [1.54, 1.807) is 50.4 Å². The first-order chi connectivity index (χ1) is 12.9. The Labute approximate surface area is 171 Å². The predicted molar refractivity (Wildman–Crippen MR) is 112 cm³/mol. The molecule has 1 unspecified atom stereocenters. The number of anilines is 2. The van der Waals surface area contributed by atoms with Gasteiger partial charge in [-0.2, -0.15) is 0 Å². The highest BCUT2D eigenvalue weighted by Gasteiger charge is 2.23. The van der Waals surface area contributed by atoms with Crippen molar-refractivity contribution in [1.29, 1.82) is 0 Å². The van der Waals surface area contributed by atoms with Crippen LogP contribution in [-0.2, 0) is 14.8 Å². The van der Waals surface area contributed by atoms with E-state index in [4.69, 9.17) is 4.74 Å². The van der Waals surface area contributed by atoms with Crippen LogP contribution in [0.2, 0.25) is 0 Å². The molecule has 0 bridgehead atoms. The van der Waals surface area contributed by atoms with Crippen LogP contribution in [-0.4, -0.2) is 34.0 Å². The smallest absolute Gasteiger partial charge is 0.262 e. The van der Waals surface area contributed by atoms with Gasteiger partial charge in [0.25, 0.3) is 10.0 Å². The van der Waals surface area contributed by atoms with Crippen LogP contribution in [0.25, 0.3) is 0 Å². The molecule has 2 aromatic carbocycles. The van der Waals surface area contributed by atoms with E-state index < -0.39 is 10.0 Å². The maximum Gasteiger partial charge on any atom is 0.262 e. The van der Waals surface area contributed by atoms with E-state index in [9.17, 15) is 13.2 Å². The zero-order valence-electron chi connectivity index (χ0n) is 15.7. The standard InChI is InChI=1S/C19H23N3O4S.ClH/c1-13-5-6-15(21-19(23)17-4-3-11-20-17)12-18(13)27(24,25)22-14-7-9-16(26-2)10-8-14;/h5-10,12,17,20,22H,3-4,11H2,1-2H3,(H,21,23);1H. The number of halogens is 1. The van der Waals surface area contributed by atoms with Crippen molar-refractivity contribution in [2.75, 3.05) is 23.7 Å². The molecule has 0 radical (unpaired) electrons. The average Bonchev–Trinajstić information content (AvgIpc) is 3.18. The minimum atomic E-state index is -3.80. The number of rotatable bonds is 6. The lowest BCUT2D eigenvalue weighted by molar-refractivity contribution is -0.117. The Bertz CT molecular complexity index is 927. The highest BCUT2D eigenvalue weighted by atomic mass is 35.5. The molecular weight excluding hydrogens is 402 g/mol. The molecule has 0 saturated carbocycles. The number of benzene rings is 2. The molecule has 1 heterocycles. The lowest BCUT2D eigenvalue weighted by Gasteiger charge is -2.14. The van der Waals surface area contributed by atoms with Gasteiger partial charge >= 0.3 is 0 Å². The van der Waals surface area contributed by atoms with Crippen molar-refractivity contribution >= 4 is 39.7 Å². The molecule has 1 atom stereocenters. The van der Waals surface area contributed by atoms with Crippen LogP contribution in [0.1, 0.15) is 18.4 Å². The maximum atomic E-state index is 12.8. The Balaban J connectivity index is 0.00000280. The van der Waals surface area contributed by atoms with Gasteiger partial charge in [0.2, 0.25) is 5.91 Å². The van der Waals surface area contributed by atoms with Crippen molar-refractivity contribution in [3.05, 3.63) is 48.0 Å². The molecule has 28 heavy (non-hydrogen) atoms. The number of amides is 1. The molecule has 1 aliphatic heterocycles. The summed E-state index contributed by atoms with van der Waals surface area (Å²) in [6.45, 7) is 2.53. The minimum Gasteiger partial charge on any atom is -0.497 e. The molecule has 1 saturated heterocycles. The van der Waals surface area contributed by atoms with Crippen molar-refractivity contribution in [3.63, 3.8) is 0 Å². The van der Waals surface area contributed by atoms with E-state index in [1.807, 2.05) is 0 Å². The van der Waals surface area contributed by atoms with Gasteiger partial charge in [-0.25, -0.2) is 8.42 Å². The Morgan fingerprint density at radius 2 is 1.82 bits per heavy atom. The lowest BCUT2D eigenvalue weighted by atomic mass is 10.2. The van der Waals surface area contributed by atoms with Crippen LogP contribution in [0.5, 0.6) is 5.75 Å². The summed E-state index contributed by atoms with van der Waals surface area (Å²) in [6.07, 6.45) is 1.74. The summed E-state index contributed by atoms with van der Waals surface area (Å²) < 4.78 is 33.2. The minimum absolute atomic E-state index is 0. The average molecular weight is 426 g/mol. The summed E-state index contributed by atoms with van der Waals surface area (Å²) in [5.74, 6) is 0.488. The lowest BCUT2D eigenvalue weighted by Crippen LogP contribution is -2.35. The summed E-state index contributed by atoms with van der Waals surface area (Å²) in [4.78, 5) is 12.4. The normalized spacial score (nSPS) is 16.1. The van der Waals surface area contributed by atoms with Crippen LogP contribution in [0.3, 0.4) is 0 Å². The molecule has 152 valence electrons. The highest BCUT2D eigenvalue weighted by molar-refractivity contribution is 7.92. The molecule has 7 nitrogen and oxygen atoms in total. The number of sulfonamides is 1. The van der Waals surface area contributed by atoms with Crippen molar-refractivity contribution in [3.8, 4) is 5.75 Å². The molecule has 0 aromatic heterocycles. The molecule has 9 heteroatoms. The number of aryl methyl sites for hydroxylation is 1. The first-order valence-corrected chi connectivity index (χ1v) is 10.2. The summed E-state index contributed by atoms with van der Waals surface area (Å²) >= 11 is 0. The molecule has 1 amide bonds. The van der Waals surface area contributed by atoms with Gasteiger partial charge in [-0.3, -0.25) is 9.52 Å². The third-order valence-electron chi connectivity index (χ3n) is 4.46. The summed E-state index contributed by atoms with van der Waals surface area (Å²) in [6, 6.07) is 11.2. The molecule has 0 aliphatic carbocycles. The van der Waals surface area contributed by atoms with Crippen molar-refractivity contribution in [1.82, 2.24) is 5.32 Å². The summed E-state index contributed by atoms with van der Waals surface area (Å²) in [5.41, 5.74) is 1.47. The van der Waals surface area contributed by atoms with Crippen LogP contribution in [0.4, 0.5) is 11.4 Å². The van der Waals surface area contributed by atoms with Gasteiger partial charge in [0.15, 0.2) is 0 Å². The van der Waals surface area contributed by atoms with Gasteiger partial charge < -0.3 is 15.4 Å². The molecule has 3 rings (SSSR count). The van der Waals surface area contributed by atoms with Gasteiger partial charge in [0.05, 0.1) is 18.0 Å². The number of methoxy groups -OCH3 is 1. The zero-order chi connectivity index (χ0) is 19.4. The number of hydrogen-bond acceptors (Lipinski definition) is 5. The topological polar surface area (TPSA) is 96.5 Å². The fourth-order valence-corrected chi connectivity index (χ4v) is 4.30. The number of hydrogen-bond donors (Lipinski definition) is 3. The first kappa shape index (κ1) is 22.0. The Morgan fingerprint density at radius 3 is 2.43 bits per heavy atom. The monoisotopic (exact) mass is 425 g/mol. The van der Waals surface area contributed by atoms with E-state index in [2.05, 4.69) is 15.4 Å². The second-order valence-corrected chi connectivity index (χ2v) is 8.10. The molecule has 3 N–H and O–H groups in total. The summed E-state index contributed by atoms with van der Waals surface area (Å²) in [7, 11) is -2.25. The molecular formula is C19H24ClN3O4S. The van der Waals surface area contributed by atoms with Gasteiger partial charge in [0.1, 0.15) is 5.75 Å². The molecule has 1 aliphatic rings. The highest BCUT2D eigenvalue weighted by Crippen LogP contribution is 2.24. The quantitative estimate of drug-likeness (QED) is 0.661. The number of carbonyl (C=O) groups is 1. The van der Waals surface area contributed by atoms with Crippen LogP contribution < -0.4 is 20.1 Å². The SMILES string of the molecule is COc1ccc(NS(=O)(=O)c2cc(NC(=O)C3CCCN3)ccc2C)cc1.Cl. The second kappa shape index (κ2) is 9.27. The van der Waals surface area contributed by atoms with Gasteiger partial charge in [-0.05, 0) is 68.3 Å². The molecule has 2 aromatic rings. The fraction of sp³-hybridized carbons (Fsp3) is 0.316. The van der Waals surface area contributed by atoms with E-state index in [0.29, 0.717) is 22.7 Å². The van der Waals surface area contributed by atoms with Crippen molar-refractivity contribution < 1.29 is 17.9 Å². The fourth-order valence-electron chi connectivity index (χ4n) is 2.97. The van der Waals surface area contributed by atoms with Crippen molar-refractivity contribution in [2.24, 2.45) is 0 Å². The largest absolute Gasteiger partial charge is 0.497 e. The molecule has 1 fully saturated rings. The number of carbonyl (C=O) groups excluding carboxylic acids is 1. The Hall–Kier alpha value is -2.29. The van der Waals surface area contributed by atoms with E-state index in [1.165, 1.54) is 6.07 Å². The van der Waals surface area contributed by atoms with Crippen LogP contribution >= 0.6 is 12.4 Å². The van der Waals surface area contributed by atoms with Crippen molar-refractivity contribution in [2.45, 2.75) is 30.7 Å². The third-order valence-corrected chi connectivity index (χ3v) is 5.99. The van der Waals surface area contributed by atoms with Crippen LogP contribution in [0.15, 0.2) is 47.4 Å². The number of nitrogens with one attached hydrogen (secondary N) is 3. The molecule has 0 spiro atoms. The van der Waals surface area contributed by atoms with E-state index >= 15 is 0 Å². The Morgan fingerprint density at radius 1 is 1.14 bits per heavy atom. The number of ether oxygens (including phenoxy) is 1. The van der Waals surface area contributed by atoms with Crippen LogP contribution in [0, 0.1) is 6.92 Å². The van der Waals surface area contributed by atoms with E-state index in [0.717, 1.165) is 19.4 Å².